The van der Waals surface area contributed by atoms with Crippen molar-refractivity contribution < 1.29 is 9.47 Å². The van der Waals surface area contributed by atoms with Gasteiger partial charge in [-0.15, -0.1) is 0 Å². The first-order valence-electron chi connectivity index (χ1n) is 9.49. The van der Waals surface area contributed by atoms with Gasteiger partial charge in [-0.3, -0.25) is 0 Å². The minimum atomic E-state index is 0.0439. The molecule has 4 heteroatoms. The van der Waals surface area contributed by atoms with Crippen LogP contribution in [0.3, 0.4) is 0 Å². The van der Waals surface area contributed by atoms with Crippen LogP contribution in [0, 0.1) is 0 Å². The summed E-state index contributed by atoms with van der Waals surface area (Å²) in [7, 11) is 0. The summed E-state index contributed by atoms with van der Waals surface area (Å²) in [5.41, 5.74) is 4.24. The van der Waals surface area contributed by atoms with Gasteiger partial charge in [-0.1, -0.05) is 66.7 Å². The highest BCUT2D eigenvalue weighted by molar-refractivity contribution is 6.00. The lowest BCUT2D eigenvalue weighted by molar-refractivity contribution is 0.319. The zero-order valence-electron chi connectivity index (χ0n) is 15.4. The number of nitrogens with zero attached hydrogens (tertiary/aromatic N) is 2. The van der Waals surface area contributed by atoms with Crippen LogP contribution in [-0.2, 0) is 9.47 Å². The summed E-state index contributed by atoms with van der Waals surface area (Å²) in [6.45, 7) is 1.13. The van der Waals surface area contributed by atoms with E-state index in [2.05, 4.69) is 24.3 Å². The van der Waals surface area contributed by atoms with Crippen molar-refractivity contribution in [2.45, 2.75) is 12.1 Å². The van der Waals surface area contributed by atoms with Gasteiger partial charge in [0.1, 0.15) is 25.3 Å². The molecule has 5 rings (SSSR count). The molecule has 0 bridgehead atoms. The maximum atomic E-state index is 5.88. The van der Waals surface area contributed by atoms with Crippen molar-refractivity contribution in [2.75, 3.05) is 13.2 Å². The highest BCUT2D eigenvalue weighted by Gasteiger charge is 2.24. The summed E-state index contributed by atoms with van der Waals surface area (Å²) in [4.78, 5) is 9.55. The number of rotatable bonds is 4. The first-order chi connectivity index (χ1) is 13.9. The second kappa shape index (κ2) is 7.31. The molecule has 0 N–H and O–H groups in total. The lowest BCUT2D eigenvalue weighted by Crippen LogP contribution is -2.05. The van der Waals surface area contributed by atoms with Gasteiger partial charge in [-0.25, -0.2) is 9.98 Å². The van der Waals surface area contributed by atoms with Gasteiger partial charge < -0.3 is 9.47 Å². The third kappa shape index (κ3) is 3.29. The van der Waals surface area contributed by atoms with E-state index in [0.717, 1.165) is 11.1 Å². The Morgan fingerprint density at radius 1 is 0.571 bits per heavy atom. The van der Waals surface area contributed by atoms with Gasteiger partial charge >= 0.3 is 0 Å². The quantitative estimate of drug-likeness (QED) is 0.669. The van der Waals surface area contributed by atoms with Crippen molar-refractivity contribution in [3.8, 4) is 0 Å². The largest absolute Gasteiger partial charge is 0.475 e. The molecule has 0 saturated carbocycles. The van der Waals surface area contributed by atoms with Crippen LogP contribution in [0.2, 0.25) is 0 Å². The van der Waals surface area contributed by atoms with Crippen molar-refractivity contribution in [2.24, 2.45) is 9.98 Å². The smallest absolute Gasteiger partial charge is 0.216 e. The van der Waals surface area contributed by atoms with E-state index in [1.165, 1.54) is 11.1 Å². The Bertz CT molecular complexity index is 948. The van der Waals surface area contributed by atoms with E-state index < -0.39 is 0 Å². The third-order valence-electron chi connectivity index (χ3n) is 5.03. The van der Waals surface area contributed by atoms with Crippen LogP contribution in [0.1, 0.15) is 34.3 Å². The van der Waals surface area contributed by atoms with Crippen LogP contribution in [-0.4, -0.2) is 25.0 Å². The summed E-state index contributed by atoms with van der Waals surface area (Å²) in [6, 6.07) is 28.6. The van der Waals surface area contributed by atoms with Gasteiger partial charge in [-0.05, 0) is 29.3 Å². The van der Waals surface area contributed by atoms with E-state index in [9.17, 15) is 0 Å². The van der Waals surface area contributed by atoms with Crippen LogP contribution in [0.25, 0.3) is 0 Å². The zero-order valence-corrected chi connectivity index (χ0v) is 15.4. The minimum Gasteiger partial charge on any atom is -0.475 e. The Morgan fingerprint density at radius 2 is 1.04 bits per heavy atom. The maximum Gasteiger partial charge on any atom is 0.216 e. The topological polar surface area (TPSA) is 43.2 Å². The maximum absolute atomic E-state index is 5.88. The van der Waals surface area contributed by atoms with E-state index in [1.54, 1.807) is 0 Å². The van der Waals surface area contributed by atoms with E-state index in [-0.39, 0.29) is 12.1 Å². The summed E-state index contributed by atoms with van der Waals surface area (Å²) in [5, 5.41) is 0. The van der Waals surface area contributed by atoms with Crippen molar-refractivity contribution in [1.82, 2.24) is 0 Å². The van der Waals surface area contributed by atoms with Crippen LogP contribution < -0.4 is 0 Å². The fourth-order valence-electron chi connectivity index (χ4n) is 3.54. The number of hydrogen-bond donors (Lipinski definition) is 0. The van der Waals surface area contributed by atoms with Gasteiger partial charge in [0.25, 0.3) is 0 Å². The molecular weight excluding hydrogens is 348 g/mol. The molecule has 2 aliphatic heterocycles. The molecular formula is C24H20N2O2. The number of aliphatic imine (C=N–C) groups is 2. The summed E-state index contributed by atoms with van der Waals surface area (Å²) in [5.74, 6) is 1.35. The SMILES string of the molecule is c1ccc(C2COC(c3cccc(C4=NC(c5ccccc5)CO4)c3)=N2)cc1. The van der Waals surface area contributed by atoms with Gasteiger partial charge in [0.15, 0.2) is 0 Å². The number of ether oxygens (including phenoxy) is 2. The van der Waals surface area contributed by atoms with Gasteiger partial charge in [0.05, 0.1) is 0 Å². The molecule has 0 spiro atoms. The van der Waals surface area contributed by atoms with E-state index >= 15 is 0 Å². The molecule has 2 unspecified atom stereocenters. The Hall–Kier alpha value is -3.40. The van der Waals surface area contributed by atoms with Crippen LogP contribution in [0.4, 0.5) is 0 Å². The average Bonchev–Trinajstić information content (AvgIpc) is 3.46. The van der Waals surface area contributed by atoms with E-state index in [0.29, 0.717) is 25.0 Å². The molecule has 28 heavy (non-hydrogen) atoms. The summed E-state index contributed by atoms with van der Waals surface area (Å²) in [6.07, 6.45) is 0. The van der Waals surface area contributed by atoms with Crippen molar-refractivity contribution in [1.29, 1.82) is 0 Å². The molecule has 3 aromatic rings. The lowest BCUT2D eigenvalue weighted by Gasteiger charge is -2.05. The first kappa shape index (κ1) is 16.8. The standard InChI is InChI=1S/C24H20N2O2/c1-3-8-17(9-4-1)21-15-27-23(25-21)19-12-7-13-20(14-19)24-26-22(16-28-24)18-10-5-2-6-11-18/h1-14,21-22H,15-16H2. The highest BCUT2D eigenvalue weighted by atomic mass is 16.5. The van der Waals surface area contributed by atoms with Gasteiger partial charge in [0, 0.05) is 11.1 Å². The molecule has 4 nitrogen and oxygen atoms in total. The molecule has 0 saturated heterocycles. The van der Waals surface area contributed by atoms with Crippen LogP contribution >= 0.6 is 0 Å². The highest BCUT2D eigenvalue weighted by Crippen LogP contribution is 2.27. The molecule has 3 aromatic carbocycles. The molecule has 0 amide bonds. The predicted molar refractivity (Wildman–Crippen MR) is 110 cm³/mol. The minimum absolute atomic E-state index is 0.0439. The van der Waals surface area contributed by atoms with Crippen molar-refractivity contribution in [3.05, 3.63) is 107 Å². The molecule has 0 aliphatic carbocycles. The molecule has 2 aliphatic rings. The second-order valence-corrected chi connectivity index (χ2v) is 6.92. The van der Waals surface area contributed by atoms with Crippen LogP contribution in [0.5, 0.6) is 0 Å². The molecule has 0 radical (unpaired) electrons. The van der Waals surface area contributed by atoms with Crippen LogP contribution in [0.15, 0.2) is 94.9 Å². The summed E-state index contributed by atoms with van der Waals surface area (Å²) < 4.78 is 11.8. The van der Waals surface area contributed by atoms with Crippen molar-refractivity contribution >= 4 is 11.8 Å². The fraction of sp³-hybridized carbons (Fsp3) is 0.167. The number of hydrogen-bond acceptors (Lipinski definition) is 4. The zero-order chi connectivity index (χ0) is 18.8. The monoisotopic (exact) mass is 368 g/mol. The predicted octanol–water partition coefficient (Wildman–Crippen LogP) is 4.72. The first-order valence-corrected chi connectivity index (χ1v) is 9.49. The Labute approximate surface area is 164 Å². The van der Waals surface area contributed by atoms with E-state index in [1.807, 2.05) is 60.7 Å². The molecule has 0 fully saturated rings. The Balaban J connectivity index is 1.39. The lowest BCUT2D eigenvalue weighted by atomic mass is 10.1. The Morgan fingerprint density at radius 3 is 1.50 bits per heavy atom. The van der Waals surface area contributed by atoms with Crippen molar-refractivity contribution in [3.63, 3.8) is 0 Å². The van der Waals surface area contributed by atoms with E-state index in [4.69, 9.17) is 19.5 Å². The van der Waals surface area contributed by atoms with Gasteiger partial charge in [0.2, 0.25) is 11.8 Å². The number of benzene rings is 3. The average molecular weight is 368 g/mol. The van der Waals surface area contributed by atoms with Gasteiger partial charge in [-0.2, -0.15) is 0 Å². The second-order valence-electron chi connectivity index (χ2n) is 6.92. The summed E-state index contributed by atoms with van der Waals surface area (Å²) >= 11 is 0. The molecule has 2 atom stereocenters. The Kier molecular flexibility index (Phi) is 4.37. The normalized spacial score (nSPS) is 20.9. The third-order valence-corrected chi connectivity index (χ3v) is 5.03. The fourth-order valence-corrected chi connectivity index (χ4v) is 3.54. The molecule has 138 valence electrons. The molecule has 2 heterocycles. The molecule has 0 aromatic heterocycles.